The normalized spacial score (nSPS) is 10.5. The average Bonchev–Trinajstić information content (AvgIpc) is 2.36. The molecule has 0 amide bonds. The van der Waals surface area contributed by atoms with Crippen LogP contribution in [0.1, 0.15) is 10.4 Å². The number of aromatic nitrogens is 1. The first kappa shape index (κ1) is 14.5. The van der Waals surface area contributed by atoms with Gasteiger partial charge in [-0.3, -0.25) is 0 Å². The highest BCUT2D eigenvalue weighted by molar-refractivity contribution is 7.99. The zero-order valence-corrected chi connectivity index (χ0v) is 12.3. The van der Waals surface area contributed by atoms with Crippen LogP contribution in [0.5, 0.6) is 0 Å². The molecule has 0 saturated carbocycles. The molecule has 0 radical (unpaired) electrons. The van der Waals surface area contributed by atoms with Gasteiger partial charge in [0.2, 0.25) is 0 Å². The Kier molecular flexibility index (Phi) is 4.58. The summed E-state index contributed by atoms with van der Waals surface area (Å²) in [5, 5.41) is 10.5. The molecule has 1 N–H and O–H groups in total. The molecule has 0 unspecified atom stereocenters. The van der Waals surface area contributed by atoms with Crippen LogP contribution in [0, 0.1) is 0 Å². The van der Waals surface area contributed by atoms with Crippen LogP contribution in [-0.2, 0) is 0 Å². The molecule has 2 rings (SSSR count). The number of aromatic carboxylic acids is 1. The fourth-order valence-corrected chi connectivity index (χ4v) is 2.97. The van der Waals surface area contributed by atoms with Gasteiger partial charge in [-0.05, 0) is 24.3 Å². The number of carbonyl (C=O) groups is 1. The van der Waals surface area contributed by atoms with Gasteiger partial charge in [-0.2, -0.15) is 0 Å². The van der Waals surface area contributed by atoms with E-state index in [-0.39, 0.29) is 10.6 Å². The van der Waals surface area contributed by atoms with Gasteiger partial charge in [-0.15, -0.1) is 0 Å². The summed E-state index contributed by atoms with van der Waals surface area (Å²) in [4.78, 5) is 15.7. The minimum atomic E-state index is -1.11. The van der Waals surface area contributed by atoms with Gasteiger partial charge in [0.05, 0.1) is 15.6 Å². The second-order valence-corrected chi connectivity index (χ2v) is 5.71. The molecule has 0 aliphatic rings. The second-order valence-electron chi connectivity index (χ2n) is 3.46. The van der Waals surface area contributed by atoms with Crippen molar-refractivity contribution in [2.45, 2.75) is 9.92 Å². The molecule has 1 aromatic carbocycles. The third-order valence-electron chi connectivity index (χ3n) is 2.19. The van der Waals surface area contributed by atoms with Crippen molar-refractivity contribution < 1.29 is 9.90 Å². The Labute approximate surface area is 128 Å². The summed E-state index contributed by atoms with van der Waals surface area (Å²) in [6.07, 6.45) is 1.39. The molecule has 0 fully saturated rings. The minimum absolute atomic E-state index is 0.00248. The molecule has 0 aliphatic heterocycles. The number of carboxylic acid groups (broad SMARTS) is 1. The molecule has 1 heterocycles. The van der Waals surface area contributed by atoms with Gasteiger partial charge in [-0.1, -0.05) is 46.6 Å². The number of rotatable bonds is 3. The number of nitrogens with zero attached hydrogens (tertiary/aromatic N) is 1. The Hall–Kier alpha value is -0.940. The van der Waals surface area contributed by atoms with E-state index in [0.29, 0.717) is 20.0 Å². The molecule has 0 spiro atoms. The molecule has 98 valence electrons. The van der Waals surface area contributed by atoms with Crippen molar-refractivity contribution in [1.82, 2.24) is 4.98 Å². The molecule has 0 saturated heterocycles. The predicted octanol–water partition coefficient (Wildman–Crippen LogP) is 4.89. The maximum Gasteiger partial charge on any atom is 0.337 e. The van der Waals surface area contributed by atoms with E-state index in [1.807, 2.05) is 0 Å². The van der Waals surface area contributed by atoms with E-state index >= 15 is 0 Å². The first-order valence-corrected chi connectivity index (χ1v) is 6.95. The number of carboxylic acids is 1. The van der Waals surface area contributed by atoms with Crippen LogP contribution < -0.4 is 0 Å². The summed E-state index contributed by atoms with van der Waals surface area (Å²) in [6.45, 7) is 0. The topological polar surface area (TPSA) is 50.2 Å². The summed E-state index contributed by atoms with van der Waals surface area (Å²) in [5.74, 6) is -1.11. The van der Waals surface area contributed by atoms with Crippen molar-refractivity contribution in [2.75, 3.05) is 0 Å². The van der Waals surface area contributed by atoms with E-state index in [1.54, 1.807) is 18.2 Å². The summed E-state index contributed by atoms with van der Waals surface area (Å²) < 4.78 is 0. The van der Waals surface area contributed by atoms with E-state index in [1.165, 1.54) is 12.3 Å². The summed E-state index contributed by atoms with van der Waals surface area (Å²) in [7, 11) is 0. The van der Waals surface area contributed by atoms with E-state index in [0.717, 1.165) is 11.8 Å². The van der Waals surface area contributed by atoms with Crippen molar-refractivity contribution in [3.63, 3.8) is 0 Å². The molecule has 19 heavy (non-hydrogen) atoms. The first-order chi connectivity index (χ1) is 8.99. The molecule has 7 heteroatoms. The third-order valence-corrected chi connectivity index (χ3v) is 4.42. The van der Waals surface area contributed by atoms with Gasteiger partial charge < -0.3 is 5.11 Å². The highest BCUT2D eigenvalue weighted by atomic mass is 35.5. The minimum Gasteiger partial charge on any atom is -0.478 e. The maximum atomic E-state index is 11.0. The van der Waals surface area contributed by atoms with Crippen molar-refractivity contribution >= 4 is 52.5 Å². The molecule has 2 aromatic rings. The fourth-order valence-electron chi connectivity index (χ4n) is 1.32. The van der Waals surface area contributed by atoms with Crippen molar-refractivity contribution in [2.24, 2.45) is 0 Å². The van der Waals surface area contributed by atoms with Gasteiger partial charge in [0.15, 0.2) is 0 Å². The standard InChI is InChI=1S/C12H6Cl3NO2S/c13-6-1-2-8(14)9(5-6)19-11-10(15)7(12(17)18)3-4-16-11/h1-5H,(H,17,18). The molecule has 0 bridgehead atoms. The summed E-state index contributed by atoms with van der Waals surface area (Å²) >= 11 is 19.1. The van der Waals surface area contributed by atoms with E-state index in [2.05, 4.69) is 4.98 Å². The Morgan fingerprint density at radius 3 is 2.63 bits per heavy atom. The van der Waals surface area contributed by atoms with Crippen molar-refractivity contribution in [1.29, 1.82) is 0 Å². The highest BCUT2D eigenvalue weighted by Gasteiger charge is 2.15. The Morgan fingerprint density at radius 1 is 1.21 bits per heavy atom. The number of hydrogen-bond donors (Lipinski definition) is 1. The number of pyridine rings is 1. The van der Waals surface area contributed by atoms with Crippen molar-refractivity contribution in [3.8, 4) is 0 Å². The number of halogens is 3. The lowest BCUT2D eigenvalue weighted by atomic mass is 10.3. The summed E-state index contributed by atoms with van der Waals surface area (Å²) in [5.41, 5.74) is -0.00248. The van der Waals surface area contributed by atoms with Crippen LogP contribution in [0.25, 0.3) is 0 Å². The van der Waals surface area contributed by atoms with Crippen LogP contribution in [0.4, 0.5) is 0 Å². The van der Waals surface area contributed by atoms with Crippen LogP contribution >= 0.6 is 46.6 Å². The number of hydrogen-bond acceptors (Lipinski definition) is 3. The Morgan fingerprint density at radius 2 is 1.95 bits per heavy atom. The van der Waals surface area contributed by atoms with E-state index in [4.69, 9.17) is 39.9 Å². The van der Waals surface area contributed by atoms with Gasteiger partial charge in [0.1, 0.15) is 5.03 Å². The third kappa shape index (κ3) is 3.34. The highest BCUT2D eigenvalue weighted by Crippen LogP contribution is 2.38. The predicted molar refractivity (Wildman–Crippen MR) is 76.8 cm³/mol. The van der Waals surface area contributed by atoms with Crippen LogP contribution in [0.3, 0.4) is 0 Å². The van der Waals surface area contributed by atoms with Gasteiger partial charge in [0.25, 0.3) is 0 Å². The zero-order chi connectivity index (χ0) is 14.0. The van der Waals surface area contributed by atoms with Crippen molar-refractivity contribution in [3.05, 3.63) is 51.1 Å². The van der Waals surface area contributed by atoms with Gasteiger partial charge in [-0.25, -0.2) is 9.78 Å². The molecular formula is C12H6Cl3NO2S. The smallest absolute Gasteiger partial charge is 0.337 e. The monoisotopic (exact) mass is 333 g/mol. The molecule has 0 aliphatic carbocycles. The lowest BCUT2D eigenvalue weighted by molar-refractivity contribution is 0.0696. The summed E-state index contributed by atoms with van der Waals surface area (Å²) in [6, 6.07) is 6.33. The lowest BCUT2D eigenvalue weighted by Gasteiger charge is -2.07. The molecular weight excluding hydrogens is 329 g/mol. The molecule has 1 aromatic heterocycles. The van der Waals surface area contributed by atoms with E-state index in [9.17, 15) is 4.79 Å². The lowest BCUT2D eigenvalue weighted by Crippen LogP contribution is -1.99. The molecule has 3 nitrogen and oxygen atoms in total. The zero-order valence-electron chi connectivity index (χ0n) is 9.23. The van der Waals surface area contributed by atoms with Crippen LogP contribution in [0.2, 0.25) is 15.1 Å². The second kappa shape index (κ2) is 6.01. The van der Waals surface area contributed by atoms with Crippen LogP contribution in [0.15, 0.2) is 40.4 Å². The largest absolute Gasteiger partial charge is 0.478 e. The SMILES string of the molecule is O=C(O)c1ccnc(Sc2cc(Cl)ccc2Cl)c1Cl. The fraction of sp³-hybridized carbons (Fsp3) is 0. The molecule has 0 atom stereocenters. The van der Waals surface area contributed by atoms with Gasteiger partial charge >= 0.3 is 5.97 Å². The van der Waals surface area contributed by atoms with E-state index < -0.39 is 5.97 Å². The van der Waals surface area contributed by atoms with Crippen LogP contribution in [-0.4, -0.2) is 16.1 Å². The van der Waals surface area contributed by atoms with Gasteiger partial charge in [0, 0.05) is 16.1 Å². The number of benzene rings is 1. The quantitative estimate of drug-likeness (QED) is 0.868. The maximum absolute atomic E-state index is 11.0. The Bertz CT molecular complexity index is 649. The Balaban J connectivity index is 2.41. The average molecular weight is 335 g/mol. The first-order valence-electron chi connectivity index (χ1n) is 4.99.